The van der Waals surface area contributed by atoms with Gasteiger partial charge in [0, 0.05) is 27.9 Å². The number of carbonyl (C=O) groups is 1. The maximum absolute atomic E-state index is 12.5. The number of anilines is 1. The fourth-order valence-corrected chi connectivity index (χ4v) is 4.14. The quantitative estimate of drug-likeness (QED) is 0.449. The Balaban J connectivity index is 1.54. The Morgan fingerprint density at radius 1 is 1.21 bits per heavy atom. The number of nitrogens with one attached hydrogen (secondary N) is 1. The molecule has 2 heterocycles. The molecule has 0 aliphatic heterocycles. The molecule has 0 radical (unpaired) electrons. The number of benzene rings is 2. The summed E-state index contributed by atoms with van der Waals surface area (Å²) in [5.74, 6) is 0.631. The van der Waals surface area contributed by atoms with Gasteiger partial charge < -0.3 is 10.1 Å². The minimum Gasteiger partial charge on any atom is -0.497 e. The van der Waals surface area contributed by atoms with Crippen molar-refractivity contribution in [1.29, 1.82) is 0 Å². The fourth-order valence-electron chi connectivity index (χ4n) is 2.81. The molecule has 0 saturated carbocycles. The third-order valence-corrected chi connectivity index (χ3v) is 5.65. The van der Waals surface area contributed by atoms with Crippen LogP contribution in [0.25, 0.3) is 16.2 Å². The second-order valence-electron chi connectivity index (χ2n) is 6.08. The molecule has 28 heavy (non-hydrogen) atoms. The summed E-state index contributed by atoms with van der Waals surface area (Å²) in [7, 11) is 1.64. The van der Waals surface area contributed by atoms with Crippen molar-refractivity contribution in [1.82, 2.24) is 9.38 Å². The number of fused-ring (bicyclic) bond motifs is 1. The number of halogens is 2. The number of thiazole rings is 1. The number of aromatic nitrogens is 2. The number of hydrogen-bond donors (Lipinski definition) is 1. The van der Waals surface area contributed by atoms with E-state index in [0.29, 0.717) is 15.7 Å². The Bertz CT molecular complexity index is 1150. The van der Waals surface area contributed by atoms with Gasteiger partial charge in [-0.3, -0.25) is 9.20 Å². The summed E-state index contributed by atoms with van der Waals surface area (Å²) in [4.78, 5) is 17.9. The SMILES string of the molecule is COc1ccc(-c2cn3c(CC(=O)Nc4ccc(Cl)cc4Cl)csc3n2)cc1. The summed E-state index contributed by atoms with van der Waals surface area (Å²) >= 11 is 13.5. The van der Waals surface area contributed by atoms with Crippen LogP contribution in [0.2, 0.25) is 10.0 Å². The van der Waals surface area contributed by atoms with E-state index in [9.17, 15) is 4.79 Å². The largest absolute Gasteiger partial charge is 0.497 e. The molecule has 0 fully saturated rings. The lowest BCUT2D eigenvalue weighted by Crippen LogP contribution is -2.15. The predicted octanol–water partition coefficient (Wildman–Crippen LogP) is 5.56. The summed E-state index contributed by atoms with van der Waals surface area (Å²) in [6, 6.07) is 12.7. The van der Waals surface area contributed by atoms with E-state index >= 15 is 0 Å². The molecule has 1 amide bonds. The average molecular weight is 432 g/mol. The highest BCUT2D eigenvalue weighted by Gasteiger charge is 2.14. The van der Waals surface area contributed by atoms with Gasteiger partial charge in [-0.2, -0.15) is 0 Å². The zero-order valence-corrected chi connectivity index (χ0v) is 17.1. The smallest absolute Gasteiger partial charge is 0.230 e. The highest BCUT2D eigenvalue weighted by atomic mass is 35.5. The number of hydrogen-bond acceptors (Lipinski definition) is 4. The Morgan fingerprint density at radius 3 is 2.71 bits per heavy atom. The number of ether oxygens (including phenoxy) is 1. The minimum absolute atomic E-state index is 0.163. The monoisotopic (exact) mass is 431 g/mol. The van der Waals surface area contributed by atoms with Gasteiger partial charge in [-0.05, 0) is 42.5 Å². The highest BCUT2D eigenvalue weighted by Crippen LogP contribution is 2.27. The van der Waals surface area contributed by atoms with Crippen molar-refractivity contribution in [2.45, 2.75) is 6.42 Å². The lowest BCUT2D eigenvalue weighted by molar-refractivity contribution is -0.115. The van der Waals surface area contributed by atoms with Crippen LogP contribution in [-0.4, -0.2) is 22.4 Å². The molecule has 5 nitrogen and oxygen atoms in total. The van der Waals surface area contributed by atoms with Crippen LogP contribution < -0.4 is 10.1 Å². The topological polar surface area (TPSA) is 55.6 Å². The van der Waals surface area contributed by atoms with Crippen LogP contribution in [-0.2, 0) is 11.2 Å². The molecule has 0 aliphatic carbocycles. The van der Waals surface area contributed by atoms with E-state index in [-0.39, 0.29) is 12.3 Å². The van der Waals surface area contributed by atoms with E-state index in [1.807, 2.05) is 40.2 Å². The summed E-state index contributed by atoms with van der Waals surface area (Å²) in [6.07, 6.45) is 2.14. The van der Waals surface area contributed by atoms with Crippen LogP contribution in [0.5, 0.6) is 5.75 Å². The summed E-state index contributed by atoms with van der Waals surface area (Å²) < 4.78 is 7.13. The molecule has 142 valence electrons. The summed E-state index contributed by atoms with van der Waals surface area (Å²) in [5.41, 5.74) is 3.22. The normalized spacial score (nSPS) is 11.0. The third-order valence-electron chi connectivity index (χ3n) is 4.22. The highest BCUT2D eigenvalue weighted by molar-refractivity contribution is 7.15. The van der Waals surface area contributed by atoms with Gasteiger partial charge in [-0.25, -0.2) is 4.98 Å². The second kappa shape index (κ2) is 7.83. The van der Waals surface area contributed by atoms with Crippen molar-refractivity contribution < 1.29 is 9.53 Å². The Labute approximate surface area is 175 Å². The molecule has 8 heteroatoms. The van der Waals surface area contributed by atoms with E-state index in [0.717, 1.165) is 27.7 Å². The van der Waals surface area contributed by atoms with Gasteiger partial charge in [0.1, 0.15) is 5.75 Å². The average Bonchev–Trinajstić information content (AvgIpc) is 3.26. The van der Waals surface area contributed by atoms with E-state index in [1.54, 1.807) is 25.3 Å². The molecule has 1 N–H and O–H groups in total. The molecule has 0 atom stereocenters. The second-order valence-corrected chi connectivity index (χ2v) is 7.76. The molecule has 0 bridgehead atoms. The summed E-state index contributed by atoms with van der Waals surface area (Å²) in [6.45, 7) is 0. The van der Waals surface area contributed by atoms with Crippen LogP contribution in [0.4, 0.5) is 5.69 Å². The zero-order valence-electron chi connectivity index (χ0n) is 14.8. The molecular formula is C20H15Cl2N3O2S. The van der Waals surface area contributed by atoms with Crippen molar-refractivity contribution >= 4 is 51.1 Å². The fraction of sp³-hybridized carbons (Fsp3) is 0.100. The van der Waals surface area contributed by atoms with E-state index in [4.69, 9.17) is 27.9 Å². The number of amides is 1. The van der Waals surface area contributed by atoms with E-state index < -0.39 is 0 Å². The van der Waals surface area contributed by atoms with Crippen molar-refractivity contribution in [3.8, 4) is 17.0 Å². The first-order chi connectivity index (χ1) is 13.5. The molecule has 0 spiro atoms. The van der Waals surface area contributed by atoms with Crippen LogP contribution in [0, 0.1) is 0 Å². The molecule has 4 aromatic rings. The number of rotatable bonds is 5. The summed E-state index contributed by atoms with van der Waals surface area (Å²) in [5, 5.41) is 5.68. The van der Waals surface area contributed by atoms with Gasteiger partial charge in [0.15, 0.2) is 4.96 Å². The van der Waals surface area contributed by atoms with Gasteiger partial charge in [0.25, 0.3) is 0 Å². The molecule has 0 aliphatic rings. The first-order valence-corrected chi connectivity index (χ1v) is 10.0. The van der Waals surface area contributed by atoms with Crippen LogP contribution in [0.3, 0.4) is 0 Å². The van der Waals surface area contributed by atoms with E-state index in [2.05, 4.69) is 10.3 Å². The first kappa shape index (κ1) is 18.8. The molecule has 4 rings (SSSR count). The van der Waals surface area contributed by atoms with Gasteiger partial charge in [0.2, 0.25) is 5.91 Å². The standard InChI is InChI=1S/C20H15Cl2N3O2S/c1-27-15-5-2-12(3-6-15)18-10-25-14(11-28-20(25)24-18)9-19(26)23-17-7-4-13(21)8-16(17)22/h2-8,10-11H,9H2,1H3,(H,23,26). The maximum atomic E-state index is 12.5. The van der Waals surface area contributed by atoms with Crippen molar-refractivity contribution in [3.63, 3.8) is 0 Å². The Morgan fingerprint density at radius 2 is 2.00 bits per heavy atom. The number of imidazole rings is 1. The van der Waals surface area contributed by atoms with Crippen molar-refractivity contribution in [2.75, 3.05) is 12.4 Å². The maximum Gasteiger partial charge on any atom is 0.230 e. The molecule has 2 aromatic carbocycles. The molecular weight excluding hydrogens is 417 g/mol. The van der Waals surface area contributed by atoms with Gasteiger partial charge in [0.05, 0.1) is 29.9 Å². The van der Waals surface area contributed by atoms with Crippen molar-refractivity contribution in [3.05, 3.63) is 69.8 Å². The molecule has 2 aromatic heterocycles. The Hall–Kier alpha value is -2.54. The van der Waals surface area contributed by atoms with Gasteiger partial charge in [-0.15, -0.1) is 11.3 Å². The van der Waals surface area contributed by atoms with Crippen molar-refractivity contribution in [2.24, 2.45) is 0 Å². The molecule has 0 unspecified atom stereocenters. The third kappa shape index (κ3) is 3.85. The minimum atomic E-state index is -0.163. The lowest BCUT2D eigenvalue weighted by Gasteiger charge is -2.07. The zero-order chi connectivity index (χ0) is 19.7. The number of methoxy groups -OCH3 is 1. The predicted molar refractivity (Wildman–Crippen MR) is 114 cm³/mol. The molecule has 0 saturated heterocycles. The van der Waals surface area contributed by atoms with E-state index in [1.165, 1.54) is 11.3 Å². The Kier molecular flexibility index (Phi) is 5.26. The van der Waals surface area contributed by atoms with Crippen LogP contribution in [0.15, 0.2) is 54.0 Å². The number of carbonyl (C=O) groups excluding carboxylic acids is 1. The van der Waals surface area contributed by atoms with Crippen LogP contribution >= 0.6 is 34.5 Å². The van der Waals surface area contributed by atoms with Crippen LogP contribution in [0.1, 0.15) is 5.69 Å². The lowest BCUT2D eigenvalue weighted by atomic mass is 10.2. The number of nitrogens with zero attached hydrogens (tertiary/aromatic N) is 2. The first-order valence-electron chi connectivity index (χ1n) is 8.38. The van der Waals surface area contributed by atoms with Gasteiger partial charge >= 0.3 is 0 Å². The van der Waals surface area contributed by atoms with Gasteiger partial charge in [-0.1, -0.05) is 23.2 Å².